The summed E-state index contributed by atoms with van der Waals surface area (Å²) in [5.41, 5.74) is 0.821. The van der Waals surface area contributed by atoms with E-state index in [0.29, 0.717) is 13.0 Å². The Hall–Kier alpha value is -1.71. The number of benzene rings is 1. The normalized spacial score (nSPS) is 13.5. The third kappa shape index (κ3) is 2.58. The molecule has 0 unspecified atom stereocenters. The van der Waals surface area contributed by atoms with E-state index in [1.807, 2.05) is 32.0 Å². The number of esters is 1. The van der Waals surface area contributed by atoms with Crippen molar-refractivity contribution in [2.45, 2.75) is 32.6 Å². The van der Waals surface area contributed by atoms with E-state index in [9.17, 15) is 4.79 Å². The first-order chi connectivity index (χ1) is 8.53. The highest BCUT2D eigenvalue weighted by Gasteiger charge is 2.25. The molecule has 0 bridgehead atoms. The molecule has 4 heteroatoms. The van der Waals surface area contributed by atoms with Crippen LogP contribution in [0.3, 0.4) is 0 Å². The maximum atomic E-state index is 11.2. The standard InChI is InChI=1S/C14H18O4/c1-4-13(15)16-8-14(2,3)10-5-6-11-12(7-10)18-9-17-11/h5-7H,4,8-9H2,1-3H3. The maximum Gasteiger partial charge on any atom is 0.305 e. The summed E-state index contributed by atoms with van der Waals surface area (Å²) in [6, 6.07) is 5.82. The van der Waals surface area contributed by atoms with Crippen molar-refractivity contribution < 1.29 is 19.0 Å². The molecule has 0 amide bonds. The van der Waals surface area contributed by atoms with Crippen LogP contribution in [0.4, 0.5) is 0 Å². The van der Waals surface area contributed by atoms with Crippen LogP contribution in [0, 0.1) is 0 Å². The molecule has 1 aliphatic rings. The van der Waals surface area contributed by atoms with Gasteiger partial charge in [-0.05, 0) is 17.7 Å². The molecule has 4 nitrogen and oxygen atoms in total. The summed E-state index contributed by atoms with van der Waals surface area (Å²) in [6.45, 7) is 6.49. The van der Waals surface area contributed by atoms with E-state index in [4.69, 9.17) is 14.2 Å². The molecule has 0 fully saturated rings. The predicted molar refractivity (Wildman–Crippen MR) is 66.8 cm³/mol. The number of ether oxygens (including phenoxy) is 3. The van der Waals surface area contributed by atoms with Gasteiger partial charge in [-0.25, -0.2) is 0 Å². The summed E-state index contributed by atoms with van der Waals surface area (Å²) >= 11 is 0. The third-order valence-corrected chi connectivity index (χ3v) is 3.04. The Morgan fingerprint density at radius 1 is 1.33 bits per heavy atom. The number of carbonyl (C=O) groups excluding carboxylic acids is 1. The minimum absolute atomic E-state index is 0.177. The SMILES string of the molecule is CCC(=O)OCC(C)(C)c1ccc2c(c1)OCO2. The van der Waals surface area contributed by atoms with E-state index in [1.54, 1.807) is 6.92 Å². The zero-order chi connectivity index (χ0) is 13.2. The first-order valence-corrected chi connectivity index (χ1v) is 6.08. The smallest absolute Gasteiger partial charge is 0.305 e. The highest BCUT2D eigenvalue weighted by Crippen LogP contribution is 2.36. The van der Waals surface area contributed by atoms with Crippen molar-refractivity contribution in [1.29, 1.82) is 0 Å². The first kappa shape index (κ1) is 12.7. The molecule has 0 aromatic heterocycles. The fraction of sp³-hybridized carbons (Fsp3) is 0.500. The molecule has 0 atom stereocenters. The molecule has 0 N–H and O–H groups in total. The van der Waals surface area contributed by atoms with E-state index in [1.165, 1.54) is 0 Å². The van der Waals surface area contributed by atoms with Gasteiger partial charge in [0.15, 0.2) is 11.5 Å². The van der Waals surface area contributed by atoms with Gasteiger partial charge in [0.25, 0.3) is 0 Å². The number of hydrogen-bond acceptors (Lipinski definition) is 4. The molecule has 1 aromatic carbocycles. The molecule has 2 rings (SSSR count). The minimum atomic E-state index is -0.244. The van der Waals surface area contributed by atoms with E-state index in [0.717, 1.165) is 17.1 Å². The Labute approximate surface area is 107 Å². The second kappa shape index (κ2) is 4.88. The number of hydrogen-bond donors (Lipinski definition) is 0. The van der Waals surface area contributed by atoms with Gasteiger partial charge in [-0.15, -0.1) is 0 Å². The lowest BCUT2D eigenvalue weighted by atomic mass is 9.85. The van der Waals surface area contributed by atoms with Gasteiger partial charge in [-0.1, -0.05) is 26.8 Å². The lowest BCUT2D eigenvalue weighted by Gasteiger charge is -2.24. The summed E-state index contributed by atoms with van der Waals surface area (Å²) in [5.74, 6) is 1.34. The van der Waals surface area contributed by atoms with Crippen molar-refractivity contribution >= 4 is 5.97 Å². The van der Waals surface area contributed by atoms with Gasteiger partial charge in [0.2, 0.25) is 6.79 Å². The van der Waals surface area contributed by atoms with Crippen LogP contribution in [0.1, 0.15) is 32.8 Å². The fourth-order valence-electron chi connectivity index (χ4n) is 1.76. The van der Waals surface area contributed by atoms with Gasteiger partial charge in [-0.3, -0.25) is 4.79 Å². The zero-order valence-electron chi connectivity index (χ0n) is 11.0. The summed E-state index contributed by atoms with van der Waals surface area (Å²) in [7, 11) is 0. The van der Waals surface area contributed by atoms with Crippen LogP contribution >= 0.6 is 0 Å². The van der Waals surface area contributed by atoms with Gasteiger partial charge >= 0.3 is 5.97 Å². The van der Waals surface area contributed by atoms with Gasteiger partial charge in [0.05, 0.1) is 0 Å². The molecule has 1 heterocycles. The van der Waals surface area contributed by atoms with Gasteiger partial charge < -0.3 is 14.2 Å². The van der Waals surface area contributed by atoms with Crippen LogP contribution in [0.15, 0.2) is 18.2 Å². The first-order valence-electron chi connectivity index (χ1n) is 6.08. The van der Waals surface area contributed by atoms with Gasteiger partial charge in [-0.2, -0.15) is 0 Å². The Morgan fingerprint density at radius 2 is 2.06 bits per heavy atom. The van der Waals surface area contributed by atoms with Crippen molar-refractivity contribution in [3.8, 4) is 11.5 Å². The molecule has 0 saturated heterocycles. The topological polar surface area (TPSA) is 44.8 Å². The molecule has 1 aliphatic heterocycles. The zero-order valence-corrected chi connectivity index (χ0v) is 11.0. The quantitative estimate of drug-likeness (QED) is 0.771. The van der Waals surface area contributed by atoms with Crippen LogP contribution in [-0.2, 0) is 14.9 Å². The lowest BCUT2D eigenvalue weighted by Crippen LogP contribution is -2.26. The molecule has 98 valence electrons. The van der Waals surface area contributed by atoms with Crippen LogP contribution < -0.4 is 9.47 Å². The van der Waals surface area contributed by atoms with Crippen molar-refractivity contribution in [2.24, 2.45) is 0 Å². The highest BCUT2D eigenvalue weighted by atomic mass is 16.7. The second-order valence-corrected chi connectivity index (χ2v) is 4.97. The van der Waals surface area contributed by atoms with Crippen molar-refractivity contribution in [3.63, 3.8) is 0 Å². The number of fused-ring (bicyclic) bond motifs is 1. The van der Waals surface area contributed by atoms with Crippen LogP contribution in [0.2, 0.25) is 0 Å². The van der Waals surface area contributed by atoms with E-state index >= 15 is 0 Å². The maximum absolute atomic E-state index is 11.2. The predicted octanol–water partition coefficient (Wildman–Crippen LogP) is 2.65. The Kier molecular flexibility index (Phi) is 3.45. The van der Waals surface area contributed by atoms with Crippen LogP contribution in [0.5, 0.6) is 11.5 Å². The largest absolute Gasteiger partial charge is 0.465 e. The fourth-order valence-corrected chi connectivity index (χ4v) is 1.76. The molecule has 0 saturated carbocycles. The number of rotatable bonds is 4. The third-order valence-electron chi connectivity index (χ3n) is 3.04. The molecule has 0 spiro atoms. The van der Waals surface area contributed by atoms with Crippen molar-refractivity contribution in [1.82, 2.24) is 0 Å². The molecule has 18 heavy (non-hydrogen) atoms. The van der Waals surface area contributed by atoms with E-state index < -0.39 is 0 Å². The molecule has 0 aliphatic carbocycles. The van der Waals surface area contributed by atoms with Crippen molar-refractivity contribution in [2.75, 3.05) is 13.4 Å². The van der Waals surface area contributed by atoms with Crippen molar-refractivity contribution in [3.05, 3.63) is 23.8 Å². The lowest BCUT2D eigenvalue weighted by molar-refractivity contribution is -0.144. The Morgan fingerprint density at radius 3 is 2.78 bits per heavy atom. The molecule has 1 aromatic rings. The average Bonchev–Trinajstić information content (AvgIpc) is 2.83. The summed E-state index contributed by atoms with van der Waals surface area (Å²) in [4.78, 5) is 11.2. The van der Waals surface area contributed by atoms with Gasteiger partial charge in [0.1, 0.15) is 6.61 Å². The monoisotopic (exact) mass is 250 g/mol. The van der Waals surface area contributed by atoms with Crippen LogP contribution in [-0.4, -0.2) is 19.4 Å². The van der Waals surface area contributed by atoms with E-state index in [2.05, 4.69) is 0 Å². The Balaban J connectivity index is 2.11. The van der Waals surface area contributed by atoms with Crippen LogP contribution in [0.25, 0.3) is 0 Å². The molecule has 0 radical (unpaired) electrons. The minimum Gasteiger partial charge on any atom is -0.465 e. The summed E-state index contributed by atoms with van der Waals surface area (Å²) in [5, 5.41) is 0. The van der Waals surface area contributed by atoms with E-state index in [-0.39, 0.29) is 18.2 Å². The summed E-state index contributed by atoms with van der Waals surface area (Å²) < 4.78 is 15.8. The average molecular weight is 250 g/mol. The molecular weight excluding hydrogens is 232 g/mol. The summed E-state index contributed by atoms with van der Waals surface area (Å²) in [6.07, 6.45) is 0.400. The molecular formula is C14H18O4. The van der Waals surface area contributed by atoms with Gasteiger partial charge in [0, 0.05) is 11.8 Å². The highest BCUT2D eigenvalue weighted by molar-refractivity contribution is 5.69. The second-order valence-electron chi connectivity index (χ2n) is 4.97. The number of carbonyl (C=O) groups is 1. The Bertz CT molecular complexity index is 451.